The Morgan fingerprint density at radius 3 is 1.89 bits per heavy atom. The minimum absolute atomic E-state index is 0.360. The molecule has 0 aromatic rings. The number of hydrogen-bond donors (Lipinski definition) is 1. The van der Waals surface area contributed by atoms with Crippen LogP contribution in [0.4, 0.5) is 0 Å². The molecule has 3 heteroatoms. The summed E-state index contributed by atoms with van der Waals surface area (Å²) in [6.45, 7) is 6.69. The van der Waals surface area contributed by atoms with Gasteiger partial charge in [0, 0.05) is 6.54 Å². The summed E-state index contributed by atoms with van der Waals surface area (Å²) in [6, 6.07) is 0. The Hall–Kier alpha value is -0.990. The molecular weight excluding hydrogens is 238 g/mol. The third kappa shape index (κ3) is 11.8. The maximum absolute atomic E-state index is 11.0. The van der Waals surface area contributed by atoms with E-state index in [-0.39, 0.29) is 5.97 Å². The topological polar surface area (TPSA) is 38.3 Å². The molecular formula is C16H31NO2. The molecule has 0 spiro atoms. The minimum atomic E-state index is -0.368. The predicted octanol–water partition coefficient (Wildman–Crippen LogP) is 4.18. The molecule has 0 aromatic carbocycles. The van der Waals surface area contributed by atoms with Crippen LogP contribution in [0.5, 0.6) is 0 Å². The fourth-order valence-electron chi connectivity index (χ4n) is 2.05. The van der Waals surface area contributed by atoms with E-state index in [4.69, 9.17) is 0 Å². The van der Waals surface area contributed by atoms with Gasteiger partial charge in [-0.25, -0.2) is 4.79 Å². The average Bonchev–Trinajstić information content (AvgIpc) is 2.43. The first kappa shape index (κ1) is 18.0. The van der Waals surface area contributed by atoms with Crippen LogP contribution in [-0.2, 0) is 9.53 Å². The van der Waals surface area contributed by atoms with E-state index in [1.165, 1.54) is 64.9 Å². The van der Waals surface area contributed by atoms with Crippen molar-refractivity contribution in [1.29, 1.82) is 0 Å². The lowest BCUT2D eigenvalue weighted by atomic mass is 10.1. The van der Waals surface area contributed by atoms with Crippen molar-refractivity contribution in [2.45, 2.75) is 71.1 Å². The third-order valence-corrected chi connectivity index (χ3v) is 3.30. The Bertz CT molecular complexity index is 239. The Kier molecular flexibility index (Phi) is 12.7. The number of hydrogen-bond acceptors (Lipinski definition) is 3. The molecule has 0 saturated carbocycles. The molecule has 0 aromatic heterocycles. The smallest absolute Gasteiger partial charge is 0.353 e. The van der Waals surface area contributed by atoms with Crippen molar-refractivity contribution in [1.82, 2.24) is 5.32 Å². The van der Waals surface area contributed by atoms with Gasteiger partial charge in [-0.15, -0.1) is 0 Å². The quantitative estimate of drug-likeness (QED) is 0.309. The van der Waals surface area contributed by atoms with E-state index in [0.29, 0.717) is 5.70 Å². The van der Waals surface area contributed by atoms with E-state index in [2.05, 4.69) is 23.6 Å². The second kappa shape index (κ2) is 13.4. The van der Waals surface area contributed by atoms with Gasteiger partial charge in [-0.1, -0.05) is 71.3 Å². The fraction of sp³-hybridized carbons (Fsp3) is 0.812. The molecule has 112 valence electrons. The summed E-state index contributed by atoms with van der Waals surface area (Å²) in [4.78, 5) is 11.0. The van der Waals surface area contributed by atoms with Crippen molar-refractivity contribution in [3.63, 3.8) is 0 Å². The lowest BCUT2D eigenvalue weighted by Gasteiger charge is -2.07. The number of carbonyl (C=O) groups is 1. The van der Waals surface area contributed by atoms with Gasteiger partial charge < -0.3 is 10.1 Å². The number of unbranched alkanes of at least 4 members (excludes halogenated alkanes) is 9. The first-order valence-corrected chi connectivity index (χ1v) is 7.73. The molecule has 0 heterocycles. The Labute approximate surface area is 118 Å². The molecule has 0 saturated heterocycles. The van der Waals surface area contributed by atoms with E-state index >= 15 is 0 Å². The minimum Gasteiger partial charge on any atom is -0.464 e. The van der Waals surface area contributed by atoms with Crippen LogP contribution in [0.1, 0.15) is 71.1 Å². The van der Waals surface area contributed by atoms with Gasteiger partial charge in [0.25, 0.3) is 0 Å². The SMILES string of the molecule is C=C(NCCCCCCCCCCCC)C(=O)OC. The highest BCUT2D eigenvalue weighted by molar-refractivity contribution is 5.86. The first-order chi connectivity index (χ1) is 9.22. The number of methoxy groups -OCH3 is 1. The monoisotopic (exact) mass is 269 g/mol. The van der Waals surface area contributed by atoms with Gasteiger partial charge in [-0.3, -0.25) is 0 Å². The van der Waals surface area contributed by atoms with E-state index in [0.717, 1.165) is 13.0 Å². The molecule has 3 nitrogen and oxygen atoms in total. The zero-order valence-electron chi connectivity index (χ0n) is 12.8. The summed E-state index contributed by atoms with van der Waals surface area (Å²) in [5.41, 5.74) is 0.360. The number of ether oxygens (including phenoxy) is 1. The Morgan fingerprint density at radius 1 is 0.947 bits per heavy atom. The predicted molar refractivity (Wildman–Crippen MR) is 81.0 cm³/mol. The summed E-state index contributed by atoms with van der Waals surface area (Å²) < 4.78 is 4.56. The molecule has 0 bridgehead atoms. The van der Waals surface area contributed by atoms with Crippen LogP contribution in [-0.4, -0.2) is 19.6 Å². The zero-order chi connectivity index (χ0) is 14.3. The van der Waals surface area contributed by atoms with E-state index < -0.39 is 0 Å². The van der Waals surface area contributed by atoms with E-state index in [9.17, 15) is 4.79 Å². The second-order valence-electron chi connectivity index (χ2n) is 5.08. The van der Waals surface area contributed by atoms with Crippen LogP contribution in [0.3, 0.4) is 0 Å². The van der Waals surface area contributed by atoms with Gasteiger partial charge in [0.05, 0.1) is 7.11 Å². The molecule has 0 radical (unpaired) electrons. The lowest BCUT2D eigenvalue weighted by molar-refractivity contribution is -0.136. The molecule has 1 N–H and O–H groups in total. The fourth-order valence-corrected chi connectivity index (χ4v) is 2.05. The van der Waals surface area contributed by atoms with Crippen molar-refractivity contribution in [3.8, 4) is 0 Å². The van der Waals surface area contributed by atoms with Crippen molar-refractivity contribution in [2.24, 2.45) is 0 Å². The third-order valence-electron chi connectivity index (χ3n) is 3.30. The summed E-state index contributed by atoms with van der Waals surface area (Å²) in [5, 5.41) is 2.99. The van der Waals surface area contributed by atoms with Crippen molar-refractivity contribution >= 4 is 5.97 Å². The van der Waals surface area contributed by atoms with Gasteiger partial charge in [-0.2, -0.15) is 0 Å². The van der Waals surface area contributed by atoms with Crippen LogP contribution in [0.25, 0.3) is 0 Å². The molecule has 0 aliphatic rings. The number of rotatable bonds is 13. The van der Waals surface area contributed by atoms with Crippen LogP contribution in [0.2, 0.25) is 0 Å². The summed E-state index contributed by atoms with van der Waals surface area (Å²) in [6.07, 6.45) is 13.2. The molecule has 0 fully saturated rings. The second-order valence-corrected chi connectivity index (χ2v) is 5.08. The zero-order valence-corrected chi connectivity index (χ0v) is 12.8. The molecule has 0 atom stereocenters. The maximum atomic E-state index is 11.0. The molecule has 0 amide bonds. The Balaban J connectivity index is 3.15. The van der Waals surface area contributed by atoms with Crippen LogP contribution in [0.15, 0.2) is 12.3 Å². The molecule has 0 rings (SSSR count). The van der Waals surface area contributed by atoms with Gasteiger partial charge in [0.1, 0.15) is 5.70 Å². The largest absolute Gasteiger partial charge is 0.464 e. The average molecular weight is 269 g/mol. The molecule has 0 aliphatic carbocycles. The highest BCUT2D eigenvalue weighted by Crippen LogP contribution is 2.10. The van der Waals surface area contributed by atoms with Crippen molar-refractivity contribution in [2.75, 3.05) is 13.7 Å². The molecule has 0 aliphatic heterocycles. The summed E-state index contributed by atoms with van der Waals surface area (Å²) in [7, 11) is 1.37. The van der Waals surface area contributed by atoms with Crippen LogP contribution >= 0.6 is 0 Å². The van der Waals surface area contributed by atoms with Gasteiger partial charge in [-0.05, 0) is 6.42 Å². The summed E-state index contributed by atoms with van der Waals surface area (Å²) >= 11 is 0. The van der Waals surface area contributed by atoms with Crippen molar-refractivity contribution in [3.05, 3.63) is 12.3 Å². The van der Waals surface area contributed by atoms with Gasteiger partial charge in [0.2, 0.25) is 0 Å². The van der Waals surface area contributed by atoms with Crippen LogP contribution < -0.4 is 5.32 Å². The number of carbonyl (C=O) groups excluding carboxylic acids is 1. The van der Waals surface area contributed by atoms with E-state index in [1.54, 1.807) is 0 Å². The van der Waals surface area contributed by atoms with E-state index in [1.807, 2.05) is 0 Å². The Morgan fingerprint density at radius 2 is 1.42 bits per heavy atom. The first-order valence-electron chi connectivity index (χ1n) is 7.73. The standard InChI is InChI=1S/C16H31NO2/c1-4-5-6-7-8-9-10-11-12-13-14-17-15(2)16(18)19-3/h17H,2,4-14H2,1,3H3. The highest BCUT2D eigenvalue weighted by Gasteiger charge is 2.04. The lowest BCUT2D eigenvalue weighted by Crippen LogP contribution is -2.21. The normalized spacial score (nSPS) is 10.2. The number of nitrogens with one attached hydrogen (secondary N) is 1. The maximum Gasteiger partial charge on any atom is 0.353 e. The van der Waals surface area contributed by atoms with Crippen molar-refractivity contribution < 1.29 is 9.53 Å². The number of esters is 1. The van der Waals surface area contributed by atoms with Gasteiger partial charge in [0.15, 0.2) is 0 Å². The molecule has 0 unspecified atom stereocenters. The highest BCUT2D eigenvalue weighted by atomic mass is 16.5. The molecule has 19 heavy (non-hydrogen) atoms. The summed E-state index contributed by atoms with van der Waals surface area (Å²) in [5.74, 6) is -0.368. The van der Waals surface area contributed by atoms with Gasteiger partial charge >= 0.3 is 5.97 Å². The van der Waals surface area contributed by atoms with Crippen LogP contribution in [0, 0.1) is 0 Å².